The summed E-state index contributed by atoms with van der Waals surface area (Å²) in [5.74, 6) is -2.90. The molecule has 0 atom stereocenters. The standard InChI is InChI=1S/C18H25F2NO2S/c1-13-15(17(22)23-3)11-24-16(13)6-4-5-14-7-9-21(10-8-14)12-18(2,19)20/h5,11H,4,6-10,12H2,1-3H3. The second kappa shape index (κ2) is 8.21. The van der Waals surface area contributed by atoms with Gasteiger partial charge in [0.2, 0.25) is 0 Å². The van der Waals surface area contributed by atoms with Crippen LogP contribution in [0.25, 0.3) is 0 Å². The van der Waals surface area contributed by atoms with Crippen LogP contribution >= 0.6 is 11.3 Å². The molecule has 24 heavy (non-hydrogen) atoms. The van der Waals surface area contributed by atoms with Crippen molar-refractivity contribution in [1.29, 1.82) is 0 Å². The number of hydrogen-bond donors (Lipinski definition) is 0. The molecule has 0 aromatic carbocycles. The van der Waals surface area contributed by atoms with Crippen LogP contribution in [0.1, 0.15) is 47.0 Å². The Morgan fingerprint density at radius 1 is 1.42 bits per heavy atom. The minimum absolute atomic E-state index is 0.148. The van der Waals surface area contributed by atoms with Crippen LogP contribution in [-0.4, -0.2) is 43.5 Å². The number of nitrogens with zero attached hydrogens (tertiary/aromatic N) is 1. The third-order valence-corrected chi connectivity index (χ3v) is 5.50. The van der Waals surface area contributed by atoms with Crippen molar-refractivity contribution in [3.05, 3.63) is 33.0 Å². The highest BCUT2D eigenvalue weighted by atomic mass is 32.1. The van der Waals surface area contributed by atoms with Crippen LogP contribution in [0.3, 0.4) is 0 Å². The van der Waals surface area contributed by atoms with E-state index in [1.165, 1.54) is 17.6 Å². The van der Waals surface area contributed by atoms with Crippen LogP contribution in [0.15, 0.2) is 17.0 Å². The van der Waals surface area contributed by atoms with Gasteiger partial charge in [0, 0.05) is 30.3 Å². The van der Waals surface area contributed by atoms with Crippen molar-refractivity contribution >= 4 is 17.3 Å². The number of piperidine rings is 1. The topological polar surface area (TPSA) is 29.5 Å². The normalized spacial score (nSPS) is 16.3. The number of thiophene rings is 1. The van der Waals surface area contributed by atoms with Gasteiger partial charge in [0.1, 0.15) is 0 Å². The fraction of sp³-hybridized carbons (Fsp3) is 0.611. The number of aryl methyl sites for hydroxylation is 1. The van der Waals surface area contributed by atoms with Gasteiger partial charge in [-0.05, 0) is 38.2 Å². The van der Waals surface area contributed by atoms with Crippen molar-refractivity contribution in [3.63, 3.8) is 0 Å². The summed E-state index contributed by atoms with van der Waals surface area (Å²) in [6.45, 7) is 4.20. The molecule has 0 amide bonds. The molecule has 0 saturated carbocycles. The Kier molecular flexibility index (Phi) is 6.52. The fourth-order valence-electron chi connectivity index (χ4n) is 3.02. The van der Waals surface area contributed by atoms with Crippen LogP contribution in [0.4, 0.5) is 8.78 Å². The van der Waals surface area contributed by atoms with Gasteiger partial charge in [-0.3, -0.25) is 4.90 Å². The lowest BCUT2D eigenvalue weighted by Gasteiger charge is -2.30. The predicted octanol–water partition coefficient (Wildman–Crippen LogP) is 4.45. The lowest BCUT2D eigenvalue weighted by molar-refractivity contribution is -0.0162. The highest BCUT2D eigenvalue weighted by Gasteiger charge is 2.26. The van der Waals surface area contributed by atoms with Crippen molar-refractivity contribution in [3.8, 4) is 0 Å². The third-order valence-electron chi connectivity index (χ3n) is 4.35. The Labute approximate surface area is 146 Å². The van der Waals surface area contributed by atoms with Crippen LogP contribution in [0.5, 0.6) is 0 Å². The van der Waals surface area contributed by atoms with E-state index in [0.29, 0.717) is 18.7 Å². The van der Waals surface area contributed by atoms with Crippen molar-refractivity contribution < 1.29 is 18.3 Å². The van der Waals surface area contributed by atoms with E-state index < -0.39 is 5.92 Å². The molecule has 1 aromatic rings. The zero-order valence-corrected chi connectivity index (χ0v) is 15.3. The number of methoxy groups -OCH3 is 1. The second-order valence-electron chi connectivity index (χ2n) is 6.44. The molecule has 134 valence electrons. The molecule has 2 heterocycles. The molecule has 0 unspecified atom stereocenters. The van der Waals surface area contributed by atoms with E-state index in [4.69, 9.17) is 4.74 Å². The molecule has 0 bridgehead atoms. The maximum atomic E-state index is 13.0. The summed E-state index contributed by atoms with van der Waals surface area (Å²) < 4.78 is 30.8. The molecule has 1 aliphatic heterocycles. The number of carbonyl (C=O) groups excluding carboxylic acids is 1. The van der Waals surface area contributed by atoms with Crippen molar-refractivity contribution in [2.24, 2.45) is 0 Å². The Hall–Kier alpha value is -1.27. The van der Waals surface area contributed by atoms with Crippen LogP contribution in [0.2, 0.25) is 0 Å². The first-order valence-corrected chi connectivity index (χ1v) is 9.11. The summed E-state index contributed by atoms with van der Waals surface area (Å²) in [7, 11) is 1.39. The number of ether oxygens (including phenoxy) is 1. The number of likely N-dealkylation sites (tertiary alicyclic amines) is 1. The maximum Gasteiger partial charge on any atom is 0.338 e. The first-order chi connectivity index (χ1) is 11.3. The summed E-state index contributed by atoms with van der Waals surface area (Å²) >= 11 is 1.59. The van der Waals surface area contributed by atoms with Gasteiger partial charge >= 0.3 is 5.97 Å². The monoisotopic (exact) mass is 357 g/mol. The number of allylic oxidation sites excluding steroid dienone is 1. The van der Waals surface area contributed by atoms with Crippen LogP contribution in [0, 0.1) is 6.92 Å². The quantitative estimate of drug-likeness (QED) is 0.556. The number of carbonyl (C=O) groups is 1. The maximum absolute atomic E-state index is 13.0. The highest BCUT2D eigenvalue weighted by molar-refractivity contribution is 7.10. The van der Waals surface area contributed by atoms with Crippen LogP contribution in [-0.2, 0) is 11.2 Å². The highest BCUT2D eigenvalue weighted by Crippen LogP contribution is 2.25. The Morgan fingerprint density at radius 2 is 2.08 bits per heavy atom. The van der Waals surface area contributed by atoms with Gasteiger partial charge in [0.15, 0.2) is 0 Å². The number of halogens is 2. The molecule has 1 saturated heterocycles. The molecular weight excluding hydrogens is 332 g/mol. The summed E-state index contributed by atoms with van der Waals surface area (Å²) in [4.78, 5) is 14.7. The lowest BCUT2D eigenvalue weighted by atomic mass is 10.0. The molecule has 0 N–H and O–H groups in total. The summed E-state index contributed by atoms with van der Waals surface area (Å²) in [5, 5.41) is 1.85. The molecule has 0 aliphatic carbocycles. The molecule has 1 aromatic heterocycles. The van der Waals surface area contributed by atoms with Crippen LogP contribution < -0.4 is 0 Å². The number of hydrogen-bond acceptors (Lipinski definition) is 4. The predicted molar refractivity (Wildman–Crippen MR) is 93.1 cm³/mol. The molecule has 6 heteroatoms. The van der Waals surface area contributed by atoms with Gasteiger partial charge in [-0.15, -0.1) is 11.3 Å². The summed E-state index contributed by atoms with van der Waals surface area (Å²) in [5.41, 5.74) is 3.01. The number of esters is 1. The Bertz CT molecular complexity index is 595. The zero-order chi connectivity index (χ0) is 17.7. The SMILES string of the molecule is COC(=O)c1csc(CCC=C2CCN(CC(C)(F)F)CC2)c1C. The Morgan fingerprint density at radius 3 is 2.67 bits per heavy atom. The van der Waals surface area contributed by atoms with E-state index in [0.717, 1.165) is 38.2 Å². The number of rotatable bonds is 6. The van der Waals surface area contributed by atoms with Gasteiger partial charge in [0.05, 0.1) is 19.2 Å². The van der Waals surface area contributed by atoms with E-state index in [2.05, 4.69) is 6.08 Å². The minimum atomic E-state index is -2.62. The van der Waals surface area contributed by atoms with Crippen molar-refractivity contribution in [1.82, 2.24) is 4.90 Å². The van der Waals surface area contributed by atoms with Gasteiger partial charge < -0.3 is 4.74 Å². The molecule has 0 radical (unpaired) electrons. The minimum Gasteiger partial charge on any atom is -0.465 e. The van der Waals surface area contributed by atoms with Gasteiger partial charge in [0.25, 0.3) is 5.92 Å². The molecule has 1 fully saturated rings. The average Bonchev–Trinajstić information content (AvgIpc) is 2.88. The van der Waals surface area contributed by atoms with E-state index in [-0.39, 0.29) is 12.5 Å². The molecule has 2 rings (SSSR count). The van der Waals surface area contributed by atoms with Gasteiger partial charge in [-0.25, -0.2) is 13.6 Å². The Balaban J connectivity index is 1.81. The second-order valence-corrected chi connectivity index (χ2v) is 7.40. The van der Waals surface area contributed by atoms with Crippen molar-refractivity contribution in [2.45, 2.75) is 45.5 Å². The van der Waals surface area contributed by atoms with Gasteiger partial charge in [-0.1, -0.05) is 11.6 Å². The van der Waals surface area contributed by atoms with Gasteiger partial charge in [-0.2, -0.15) is 0 Å². The van der Waals surface area contributed by atoms with E-state index in [9.17, 15) is 13.6 Å². The molecule has 0 spiro atoms. The molecular formula is C18H25F2NO2S. The smallest absolute Gasteiger partial charge is 0.338 e. The molecule has 1 aliphatic rings. The first kappa shape index (κ1) is 19.1. The van der Waals surface area contributed by atoms with Crippen molar-refractivity contribution in [2.75, 3.05) is 26.7 Å². The zero-order valence-electron chi connectivity index (χ0n) is 14.5. The summed E-state index contributed by atoms with van der Waals surface area (Å²) in [6, 6.07) is 0. The largest absolute Gasteiger partial charge is 0.465 e. The first-order valence-electron chi connectivity index (χ1n) is 8.23. The average molecular weight is 357 g/mol. The van der Waals surface area contributed by atoms with E-state index in [1.807, 2.05) is 17.2 Å². The summed E-state index contributed by atoms with van der Waals surface area (Å²) in [6.07, 6.45) is 5.78. The fourth-order valence-corrected chi connectivity index (χ4v) is 4.07. The van der Waals surface area contributed by atoms with E-state index >= 15 is 0 Å². The van der Waals surface area contributed by atoms with E-state index in [1.54, 1.807) is 11.3 Å². The molecule has 3 nitrogen and oxygen atoms in total. The number of alkyl halides is 2. The third kappa shape index (κ3) is 5.38. The lowest BCUT2D eigenvalue weighted by Crippen LogP contribution is -2.38.